The molecular weight excluding hydrogens is 373 g/mol. The summed E-state index contributed by atoms with van der Waals surface area (Å²) in [5.41, 5.74) is 1.79. The van der Waals surface area contributed by atoms with Crippen LogP contribution in [0.15, 0.2) is 27.6 Å². The summed E-state index contributed by atoms with van der Waals surface area (Å²) in [6, 6.07) is 3.40. The molecule has 8 heteroatoms. The number of furan rings is 1. The van der Waals surface area contributed by atoms with Gasteiger partial charge in [0.15, 0.2) is 0 Å². The zero-order valence-electron chi connectivity index (χ0n) is 17.1. The monoisotopic (exact) mass is 401 g/mol. The van der Waals surface area contributed by atoms with Crippen molar-refractivity contribution < 1.29 is 28.8 Å². The number of carbonyl (C=O) groups excluding carboxylic acids is 2. The van der Waals surface area contributed by atoms with E-state index in [9.17, 15) is 19.7 Å². The van der Waals surface area contributed by atoms with Gasteiger partial charge in [0.1, 0.15) is 24.2 Å². The first-order valence-corrected chi connectivity index (χ1v) is 10.5. The molecule has 1 aromatic rings. The van der Waals surface area contributed by atoms with Crippen LogP contribution in [0, 0.1) is 23.7 Å². The smallest absolute Gasteiger partial charge is 0.461 e. The standard InChI is InChI=1S/C21H28BNO6/c1-4-7-23-20(25)15-8-13(11(2)3)19-14(18(15)21(23)26)9-17(29-22(19)27)16-6-5-12(10-24)28-16/h5-6,11,14-15,17-18,24,27H,4,7-10H2,1-3H3/t14-,15-,17-,18+/m0/s1. The Hall–Kier alpha value is -1.90. The van der Waals surface area contributed by atoms with Gasteiger partial charge in [-0.1, -0.05) is 26.3 Å². The van der Waals surface area contributed by atoms with Gasteiger partial charge in [-0.2, -0.15) is 0 Å². The number of amides is 2. The molecule has 3 aliphatic rings. The van der Waals surface area contributed by atoms with Gasteiger partial charge in [0.2, 0.25) is 11.8 Å². The first-order valence-electron chi connectivity index (χ1n) is 10.5. The normalized spacial score (nSPS) is 29.7. The number of aliphatic hydroxyl groups is 1. The maximum atomic E-state index is 13.2. The topological polar surface area (TPSA) is 100 Å². The maximum Gasteiger partial charge on any atom is 0.487 e. The molecule has 2 amide bonds. The van der Waals surface area contributed by atoms with Gasteiger partial charge in [-0.3, -0.25) is 14.5 Å². The predicted molar refractivity (Wildman–Crippen MR) is 105 cm³/mol. The first kappa shape index (κ1) is 20.4. The number of hydrogen-bond donors (Lipinski definition) is 2. The van der Waals surface area contributed by atoms with Crippen LogP contribution < -0.4 is 0 Å². The Morgan fingerprint density at radius 2 is 2.00 bits per heavy atom. The summed E-state index contributed by atoms with van der Waals surface area (Å²) in [6.07, 6.45) is 1.15. The summed E-state index contributed by atoms with van der Waals surface area (Å²) < 4.78 is 11.5. The fraction of sp³-hybridized carbons (Fsp3) is 0.619. The molecule has 0 aromatic carbocycles. The summed E-state index contributed by atoms with van der Waals surface area (Å²) in [4.78, 5) is 27.6. The van der Waals surface area contributed by atoms with Crippen molar-refractivity contribution in [2.75, 3.05) is 6.54 Å². The highest BCUT2D eigenvalue weighted by atomic mass is 16.5. The van der Waals surface area contributed by atoms with E-state index >= 15 is 0 Å². The van der Waals surface area contributed by atoms with Crippen LogP contribution in [0.2, 0.25) is 0 Å². The molecule has 0 saturated carbocycles. The van der Waals surface area contributed by atoms with Crippen molar-refractivity contribution in [3.63, 3.8) is 0 Å². The van der Waals surface area contributed by atoms with Gasteiger partial charge in [0.05, 0.1) is 11.8 Å². The van der Waals surface area contributed by atoms with Crippen LogP contribution in [0.25, 0.3) is 0 Å². The molecule has 1 aliphatic carbocycles. The van der Waals surface area contributed by atoms with E-state index in [2.05, 4.69) is 0 Å². The Morgan fingerprint density at radius 1 is 1.24 bits per heavy atom. The fourth-order valence-electron chi connectivity index (χ4n) is 5.25. The summed E-state index contributed by atoms with van der Waals surface area (Å²) >= 11 is 0. The van der Waals surface area contributed by atoms with Gasteiger partial charge in [-0.15, -0.1) is 0 Å². The Balaban J connectivity index is 1.73. The highest BCUT2D eigenvalue weighted by Gasteiger charge is 2.58. The number of likely N-dealkylation sites (tertiary alicyclic amines) is 1. The lowest BCUT2D eigenvalue weighted by Crippen LogP contribution is -2.45. The lowest BCUT2D eigenvalue weighted by molar-refractivity contribution is -0.140. The summed E-state index contributed by atoms with van der Waals surface area (Å²) in [6.45, 7) is 6.26. The third kappa shape index (κ3) is 3.27. The minimum Gasteiger partial charge on any atom is -0.461 e. The molecule has 3 heterocycles. The molecule has 29 heavy (non-hydrogen) atoms. The minimum absolute atomic E-state index is 0.0860. The van der Waals surface area contributed by atoms with E-state index in [1.165, 1.54) is 4.90 Å². The molecule has 2 saturated heterocycles. The second kappa shape index (κ2) is 7.74. The molecule has 0 spiro atoms. The van der Waals surface area contributed by atoms with E-state index in [0.29, 0.717) is 30.9 Å². The van der Waals surface area contributed by atoms with Gasteiger partial charge in [-0.05, 0) is 48.7 Å². The van der Waals surface area contributed by atoms with Gasteiger partial charge in [0, 0.05) is 6.54 Å². The largest absolute Gasteiger partial charge is 0.487 e. The number of rotatable bonds is 5. The molecule has 1 aromatic heterocycles. The summed E-state index contributed by atoms with van der Waals surface area (Å²) in [7, 11) is -1.14. The molecule has 4 rings (SSSR count). The fourth-order valence-corrected chi connectivity index (χ4v) is 5.25. The van der Waals surface area contributed by atoms with Crippen molar-refractivity contribution >= 4 is 18.9 Å². The van der Waals surface area contributed by atoms with E-state index in [1.807, 2.05) is 20.8 Å². The van der Waals surface area contributed by atoms with Gasteiger partial charge >= 0.3 is 7.12 Å². The SMILES string of the molecule is CCCN1C(=O)[C@H]2[C@H](CC(C(C)C)=C3B(O)O[C@H](c4ccc(CO)o4)C[C@H]32)C1=O. The van der Waals surface area contributed by atoms with E-state index in [4.69, 9.17) is 9.07 Å². The average Bonchev–Trinajstić information content (AvgIpc) is 3.26. The Kier molecular flexibility index (Phi) is 5.44. The Labute approximate surface area is 170 Å². The number of nitrogens with zero attached hydrogens (tertiary/aromatic N) is 1. The van der Waals surface area contributed by atoms with Crippen molar-refractivity contribution in [2.45, 2.75) is 52.7 Å². The van der Waals surface area contributed by atoms with Gasteiger partial charge in [0.25, 0.3) is 0 Å². The van der Waals surface area contributed by atoms with Crippen molar-refractivity contribution in [1.29, 1.82) is 0 Å². The van der Waals surface area contributed by atoms with Crippen LogP contribution >= 0.6 is 0 Å². The molecule has 2 N–H and O–H groups in total. The molecule has 0 radical (unpaired) electrons. The van der Waals surface area contributed by atoms with Crippen LogP contribution in [-0.2, 0) is 20.9 Å². The van der Waals surface area contributed by atoms with Crippen molar-refractivity contribution in [2.24, 2.45) is 23.7 Å². The molecule has 7 nitrogen and oxygen atoms in total. The van der Waals surface area contributed by atoms with E-state index in [0.717, 1.165) is 17.5 Å². The number of imide groups is 1. The number of allylic oxidation sites excluding steroid dienone is 2. The minimum atomic E-state index is -1.14. The van der Waals surface area contributed by atoms with Crippen LogP contribution in [0.4, 0.5) is 0 Å². The zero-order valence-corrected chi connectivity index (χ0v) is 17.1. The lowest BCUT2D eigenvalue weighted by atomic mass is 9.54. The second-order valence-corrected chi connectivity index (χ2v) is 8.58. The molecule has 0 bridgehead atoms. The summed E-state index contributed by atoms with van der Waals surface area (Å²) in [5, 5.41) is 20.2. The van der Waals surface area contributed by atoms with Gasteiger partial charge in [-0.25, -0.2) is 0 Å². The van der Waals surface area contributed by atoms with Gasteiger partial charge < -0.3 is 19.2 Å². The number of aliphatic hydroxyl groups excluding tert-OH is 1. The molecule has 0 unspecified atom stereocenters. The third-order valence-corrected chi connectivity index (χ3v) is 6.54. The maximum absolute atomic E-state index is 13.2. The van der Waals surface area contributed by atoms with Crippen LogP contribution in [0.1, 0.15) is 57.7 Å². The quantitative estimate of drug-likeness (QED) is 0.580. The second-order valence-electron chi connectivity index (χ2n) is 8.58. The summed E-state index contributed by atoms with van der Waals surface area (Å²) in [5.74, 6) is -0.215. The van der Waals surface area contributed by atoms with E-state index < -0.39 is 19.1 Å². The zero-order chi connectivity index (χ0) is 20.9. The predicted octanol–water partition coefficient (Wildman–Crippen LogP) is 2.24. The number of hydrogen-bond acceptors (Lipinski definition) is 6. The lowest BCUT2D eigenvalue weighted by Gasteiger charge is -2.42. The van der Waals surface area contributed by atoms with Crippen LogP contribution in [0.3, 0.4) is 0 Å². The van der Waals surface area contributed by atoms with Crippen molar-refractivity contribution in [3.8, 4) is 0 Å². The molecule has 2 fully saturated rings. The molecule has 156 valence electrons. The molecule has 4 atom stereocenters. The van der Waals surface area contributed by atoms with Crippen LogP contribution in [0.5, 0.6) is 0 Å². The highest BCUT2D eigenvalue weighted by Crippen LogP contribution is 2.52. The number of fused-ring (bicyclic) bond motifs is 3. The average molecular weight is 401 g/mol. The van der Waals surface area contributed by atoms with Crippen molar-refractivity contribution in [1.82, 2.24) is 4.90 Å². The number of carbonyl (C=O) groups is 2. The Bertz CT molecular complexity index is 846. The molecular formula is C21H28BNO6. The first-order chi connectivity index (χ1) is 13.9. The third-order valence-electron chi connectivity index (χ3n) is 6.54. The highest BCUT2D eigenvalue weighted by molar-refractivity contribution is 6.53. The van der Waals surface area contributed by atoms with E-state index in [-0.39, 0.29) is 36.2 Å². The van der Waals surface area contributed by atoms with Crippen molar-refractivity contribution in [3.05, 3.63) is 34.7 Å². The molecule has 2 aliphatic heterocycles. The van der Waals surface area contributed by atoms with E-state index in [1.54, 1.807) is 12.1 Å². The Morgan fingerprint density at radius 3 is 2.62 bits per heavy atom. The van der Waals surface area contributed by atoms with Crippen LogP contribution in [-0.4, -0.2) is 40.5 Å².